The van der Waals surface area contributed by atoms with Gasteiger partial charge in [0.2, 0.25) is 0 Å². The fourth-order valence-electron chi connectivity index (χ4n) is 11.1. The Hall–Kier alpha value is -0.566. The van der Waals surface area contributed by atoms with E-state index in [2.05, 4.69) is 27.7 Å². The van der Waals surface area contributed by atoms with Crippen molar-refractivity contribution in [1.82, 2.24) is 0 Å². The molecule has 4 fully saturated rings. The fraction of sp³-hybridized carbons (Fsp3) is 0.949. The van der Waals surface area contributed by atoms with E-state index >= 15 is 0 Å². The molecule has 0 aromatic carbocycles. The number of hydrogen-bond acceptors (Lipinski definition) is 4. The predicted molar refractivity (Wildman–Crippen MR) is 180 cm³/mol. The van der Waals surface area contributed by atoms with E-state index in [1.165, 1.54) is 128 Å². The molecule has 0 N–H and O–H groups in total. The van der Waals surface area contributed by atoms with E-state index in [4.69, 9.17) is 19.5 Å². The van der Waals surface area contributed by atoms with Crippen LogP contribution in [0.4, 0.5) is 0 Å². The molecule has 4 saturated carbocycles. The number of hydrogen-bond donors (Lipinski definition) is 0. The van der Waals surface area contributed by atoms with Gasteiger partial charge < -0.3 is 9.47 Å². The zero-order valence-electron chi connectivity index (χ0n) is 28.9. The van der Waals surface area contributed by atoms with Crippen molar-refractivity contribution in [2.75, 3.05) is 0 Å². The molecular formula is C39H66N2NiO2. The summed E-state index contributed by atoms with van der Waals surface area (Å²) in [6, 6.07) is 0.590. The molecule has 0 bridgehead atoms. The van der Waals surface area contributed by atoms with E-state index in [-0.39, 0.29) is 27.7 Å². The Balaban J connectivity index is 0.00000384. The van der Waals surface area contributed by atoms with E-state index in [0.29, 0.717) is 54.0 Å². The van der Waals surface area contributed by atoms with Crippen molar-refractivity contribution in [2.45, 2.75) is 199 Å². The summed E-state index contributed by atoms with van der Waals surface area (Å²) in [4.78, 5) is 11.2. The molecule has 2 aliphatic heterocycles. The van der Waals surface area contributed by atoms with Gasteiger partial charge in [-0.15, -0.1) is 0 Å². The molecule has 0 amide bonds. The van der Waals surface area contributed by atoms with Gasteiger partial charge in [-0.25, -0.2) is 9.98 Å². The molecule has 0 radical (unpaired) electrons. The molecule has 0 aromatic heterocycles. The van der Waals surface area contributed by atoms with E-state index < -0.39 is 0 Å². The topological polar surface area (TPSA) is 43.2 Å². The second-order valence-corrected chi connectivity index (χ2v) is 16.8. The zero-order valence-corrected chi connectivity index (χ0v) is 29.9. The van der Waals surface area contributed by atoms with Crippen molar-refractivity contribution in [2.24, 2.45) is 45.5 Å². The van der Waals surface area contributed by atoms with Gasteiger partial charge in [0, 0.05) is 40.2 Å². The van der Waals surface area contributed by atoms with Crippen LogP contribution in [0.1, 0.15) is 175 Å². The van der Waals surface area contributed by atoms with E-state index in [1.807, 2.05) is 0 Å². The fourth-order valence-corrected chi connectivity index (χ4v) is 11.1. The molecule has 44 heavy (non-hydrogen) atoms. The second-order valence-electron chi connectivity index (χ2n) is 16.8. The first-order valence-electron chi connectivity index (χ1n) is 19.4. The quantitative estimate of drug-likeness (QED) is 0.220. The minimum Gasteiger partial charge on any atom is -0.471 e. The largest absolute Gasteiger partial charge is 0.471 e. The average Bonchev–Trinajstić information content (AvgIpc) is 3.57. The summed E-state index contributed by atoms with van der Waals surface area (Å²) >= 11 is 0. The van der Waals surface area contributed by atoms with Gasteiger partial charge in [0.1, 0.15) is 11.2 Å². The summed E-state index contributed by atoms with van der Waals surface area (Å²) in [5, 5.41) is 0. The van der Waals surface area contributed by atoms with Crippen LogP contribution < -0.4 is 0 Å². The summed E-state index contributed by atoms with van der Waals surface area (Å²) in [6.07, 6.45) is 30.1. The number of rotatable bonds is 10. The Labute approximate surface area is 281 Å². The van der Waals surface area contributed by atoms with Crippen LogP contribution in [0.25, 0.3) is 0 Å². The van der Waals surface area contributed by atoms with Gasteiger partial charge in [0.15, 0.2) is 11.8 Å². The van der Waals surface area contributed by atoms with Crippen LogP contribution in [-0.4, -0.2) is 35.1 Å². The van der Waals surface area contributed by atoms with Crippen molar-refractivity contribution in [3.8, 4) is 0 Å². The number of nitrogens with zero attached hydrogens (tertiary/aromatic N) is 2. The predicted octanol–water partition coefficient (Wildman–Crippen LogP) is 10.9. The molecule has 5 heteroatoms. The maximum Gasteiger partial charge on any atom is 0.193 e. The molecule has 0 unspecified atom stereocenters. The third kappa shape index (κ3) is 7.14. The Morgan fingerprint density at radius 2 is 0.773 bits per heavy atom. The third-order valence-electron chi connectivity index (χ3n) is 12.9. The van der Waals surface area contributed by atoms with Gasteiger partial charge in [-0.1, -0.05) is 105 Å². The molecule has 4 aliphatic carbocycles. The van der Waals surface area contributed by atoms with Crippen LogP contribution in [0.3, 0.4) is 0 Å². The Kier molecular flexibility index (Phi) is 12.3. The van der Waals surface area contributed by atoms with Crippen molar-refractivity contribution in [3.05, 3.63) is 0 Å². The Bertz CT molecular complexity index is 839. The van der Waals surface area contributed by atoms with Crippen molar-refractivity contribution in [3.63, 3.8) is 0 Å². The van der Waals surface area contributed by atoms with Crippen molar-refractivity contribution in [1.29, 1.82) is 0 Å². The minimum atomic E-state index is -0.0965. The molecule has 6 rings (SSSR count). The third-order valence-corrected chi connectivity index (χ3v) is 12.9. The van der Waals surface area contributed by atoms with Gasteiger partial charge in [0.05, 0.1) is 18.5 Å². The summed E-state index contributed by atoms with van der Waals surface area (Å²) in [5.41, 5.74) is -0.193. The van der Waals surface area contributed by atoms with Crippen molar-refractivity contribution < 1.29 is 26.0 Å². The number of aliphatic imine (C=N–C) groups is 2. The first-order chi connectivity index (χ1) is 20.9. The molecule has 0 aromatic rings. The van der Waals surface area contributed by atoms with Gasteiger partial charge in [-0.2, -0.15) is 0 Å². The van der Waals surface area contributed by atoms with Crippen LogP contribution in [0, 0.1) is 35.5 Å². The van der Waals surface area contributed by atoms with Gasteiger partial charge in [0.25, 0.3) is 0 Å². The monoisotopic (exact) mass is 652 g/mol. The molecular weight excluding hydrogens is 587 g/mol. The zero-order chi connectivity index (χ0) is 29.9. The van der Waals surface area contributed by atoms with Gasteiger partial charge in [-0.05, 0) is 76.0 Å². The van der Waals surface area contributed by atoms with Crippen LogP contribution in [-0.2, 0) is 26.0 Å². The average molecular weight is 654 g/mol. The number of ether oxygens (including phenoxy) is 2. The summed E-state index contributed by atoms with van der Waals surface area (Å²) < 4.78 is 14.9. The van der Waals surface area contributed by atoms with Gasteiger partial charge in [-0.3, -0.25) is 0 Å². The standard InChI is InChI=1S/C39H66N2O2.Ni/c1-28(2)25-34-38(30-17-9-5-10-18-30,31-19-11-6-12-20-31)42-36(40-34)27-37-41-35(26-29(3)4)39(43-37,32-21-13-7-14-22-32)33-23-15-8-16-24-33;/h28-35H,5-27H2,1-4H3;/t34-,35-;/m1./s1. The minimum absolute atomic E-state index is 0. The summed E-state index contributed by atoms with van der Waals surface area (Å²) in [5.74, 6) is 5.82. The molecule has 2 heterocycles. The van der Waals surface area contributed by atoms with E-state index in [1.54, 1.807) is 0 Å². The first-order valence-corrected chi connectivity index (χ1v) is 19.4. The Morgan fingerprint density at radius 3 is 1.02 bits per heavy atom. The van der Waals surface area contributed by atoms with Crippen LogP contribution in [0.5, 0.6) is 0 Å². The first kappa shape index (κ1) is 34.8. The molecule has 0 spiro atoms. The molecule has 2 atom stereocenters. The summed E-state index contributed by atoms with van der Waals surface area (Å²) in [7, 11) is 0. The smallest absolute Gasteiger partial charge is 0.193 e. The molecule has 6 aliphatic rings. The summed E-state index contributed by atoms with van der Waals surface area (Å²) in [6.45, 7) is 9.57. The maximum absolute atomic E-state index is 7.47. The van der Waals surface area contributed by atoms with Crippen molar-refractivity contribution >= 4 is 11.8 Å². The Morgan fingerprint density at radius 1 is 0.500 bits per heavy atom. The SMILES string of the molecule is CC(C)C[C@H]1N=C(CC2=N[C@H](CC(C)C)C(C3CCCCC3)(C3CCCCC3)O2)OC1(C1CCCCC1)C1CCCCC1.[Ni]. The van der Waals surface area contributed by atoms with Crippen LogP contribution in [0.2, 0.25) is 0 Å². The second kappa shape index (κ2) is 15.6. The van der Waals surface area contributed by atoms with Crippen LogP contribution >= 0.6 is 0 Å². The van der Waals surface area contributed by atoms with Gasteiger partial charge >= 0.3 is 0 Å². The molecule has 254 valence electrons. The maximum atomic E-state index is 7.47. The molecule has 0 saturated heterocycles. The van der Waals surface area contributed by atoms with E-state index in [9.17, 15) is 0 Å². The van der Waals surface area contributed by atoms with E-state index in [0.717, 1.165) is 24.6 Å². The molecule has 4 nitrogen and oxygen atoms in total. The normalized spacial score (nSPS) is 30.5. The van der Waals surface area contributed by atoms with Crippen LogP contribution in [0.15, 0.2) is 9.98 Å².